The van der Waals surface area contributed by atoms with E-state index in [1.54, 1.807) is 13.3 Å². The second kappa shape index (κ2) is 4.72. The van der Waals surface area contributed by atoms with Crippen molar-refractivity contribution in [2.24, 2.45) is 0 Å². The number of methoxy groups -OCH3 is 1. The Labute approximate surface area is 125 Å². The smallest absolute Gasteiger partial charge is 0.494 e. The van der Waals surface area contributed by atoms with Crippen LogP contribution in [0.1, 0.15) is 27.7 Å². The first-order valence-corrected chi connectivity index (χ1v) is 7.12. The van der Waals surface area contributed by atoms with Crippen LogP contribution in [0.15, 0.2) is 30.5 Å². The van der Waals surface area contributed by atoms with E-state index in [9.17, 15) is 0 Å². The molecule has 1 aromatic heterocycles. The summed E-state index contributed by atoms with van der Waals surface area (Å²) in [6.07, 6.45) is 1.76. The molecule has 0 radical (unpaired) electrons. The van der Waals surface area contributed by atoms with Gasteiger partial charge in [-0.2, -0.15) is 0 Å². The minimum atomic E-state index is -0.395. The van der Waals surface area contributed by atoms with Crippen molar-refractivity contribution in [2.75, 3.05) is 7.11 Å². The fraction of sp³-hybridized carbons (Fsp3) is 0.438. The lowest BCUT2D eigenvalue weighted by molar-refractivity contribution is 0.00578. The normalized spacial score (nSPS) is 20.0. The van der Waals surface area contributed by atoms with Crippen LogP contribution in [0.25, 0.3) is 10.9 Å². The summed E-state index contributed by atoms with van der Waals surface area (Å²) in [4.78, 5) is 4.37. The highest BCUT2D eigenvalue weighted by molar-refractivity contribution is 6.62. The number of rotatable bonds is 2. The fourth-order valence-electron chi connectivity index (χ4n) is 2.45. The molecule has 1 saturated heterocycles. The van der Waals surface area contributed by atoms with Gasteiger partial charge in [0.05, 0.1) is 18.3 Å². The molecule has 1 fully saturated rings. The Morgan fingerprint density at radius 2 is 1.76 bits per heavy atom. The Kier molecular flexibility index (Phi) is 3.22. The molecular weight excluding hydrogens is 265 g/mol. The van der Waals surface area contributed by atoms with Crippen LogP contribution >= 0.6 is 0 Å². The summed E-state index contributed by atoms with van der Waals surface area (Å²) in [6.45, 7) is 8.19. The van der Waals surface area contributed by atoms with E-state index in [0.717, 1.165) is 22.1 Å². The van der Waals surface area contributed by atoms with Crippen molar-refractivity contribution in [3.63, 3.8) is 0 Å². The first kappa shape index (κ1) is 14.4. The largest absolute Gasteiger partial charge is 0.494 e. The lowest BCUT2D eigenvalue weighted by Crippen LogP contribution is -2.41. The van der Waals surface area contributed by atoms with Gasteiger partial charge in [-0.3, -0.25) is 4.98 Å². The Hall–Kier alpha value is -1.59. The van der Waals surface area contributed by atoms with Gasteiger partial charge in [0.15, 0.2) is 0 Å². The predicted octanol–water partition coefficient (Wildman–Crippen LogP) is 2.54. The minimum absolute atomic E-state index is 0.352. The van der Waals surface area contributed by atoms with E-state index < -0.39 is 7.12 Å². The molecule has 0 N–H and O–H groups in total. The average molecular weight is 285 g/mol. The Balaban J connectivity index is 2.06. The molecule has 1 aliphatic heterocycles. The van der Waals surface area contributed by atoms with Crippen molar-refractivity contribution in [1.29, 1.82) is 0 Å². The minimum Gasteiger partial charge on any atom is -0.494 e. The highest BCUT2D eigenvalue weighted by Gasteiger charge is 2.51. The Morgan fingerprint density at radius 3 is 2.38 bits per heavy atom. The van der Waals surface area contributed by atoms with Crippen molar-refractivity contribution < 1.29 is 14.0 Å². The zero-order valence-corrected chi connectivity index (χ0v) is 13.1. The highest BCUT2D eigenvalue weighted by Crippen LogP contribution is 2.37. The molecule has 0 bridgehead atoms. The van der Waals surface area contributed by atoms with Gasteiger partial charge in [0.1, 0.15) is 11.3 Å². The summed E-state index contributed by atoms with van der Waals surface area (Å²) in [5.41, 5.74) is 1.09. The molecular formula is C16H20BNO3. The maximum absolute atomic E-state index is 6.10. The molecule has 0 unspecified atom stereocenters. The molecule has 4 nitrogen and oxygen atoms in total. The van der Waals surface area contributed by atoms with Crippen LogP contribution in [-0.4, -0.2) is 30.4 Å². The van der Waals surface area contributed by atoms with Crippen LogP contribution in [0.5, 0.6) is 5.75 Å². The van der Waals surface area contributed by atoms with E-state index in [4.69, 9.17) is 14.0 Å². The van der Waals surface area contributed by atoms with Crippen LogP contribution in [-0.2, 0) is 9.31 Å². The first-order valence-electron chi connectivity index (χ1n) is 7.12. The standard InChI is InChI=1S/C16H20BNO3/c1-15(2)16(3,4)21-17(20-15)12-9-11-7-6-8-18-14(11)13(10-12)19-5/h6-10H,1-5H3. The molecule has 3 rings (SSSR count). The zero-order chi connectivity index (χ0) is 15.3. The topological polar surface area (TPSA) is 40.6 Å². The van der Waals surface area contributed by atoms with Crippen molar-refractivity contribution in [3.8, 4) is 5.75 Å². The number of aromatic nitrogens is 1. The van der Waals surface area contributed by atoms with Gasteiger partial charge in [0.25, 0.3) is 0 Å². The molecule has 1 aliphatic rings. The van der Waals surface area contributed by atoms with Gasteiger partial charge in [0.2, 0.25) is 0 Å². The summed E-state index contributed by atoms with van der Waals surface area (Å²) >= 11 is 0. The number of ether oxygens (including phenoxy) is 1. The van der Waals surface area contributed by atoms with E-state index in [1.807, 2.05) is 52.0 Å². The molecule has 1 aromatic carbocycles. The number of fused-ring (bicyclic) bond motifs is 1. The van der Waals surface area contributed by atoms with Crippen LogP contribution in [0, 0.1) is 0 Å². The third-order valence-electron chi connectivity index (χ3n) is 4.44. The molecule has 21 heavy (non-hydrogen) atoms. The van der Waals surface area contributed by atoms with Crippen molar-refractivity contribution in [3.05, 3.63) is 30.5 Å². The van der Waals surface area contributed by atoms with Gasteiger partial charge in [0, 0.05) is 11.6 Å². The van der Waals surface area contributed by atoms with Crippen LogP contribution in [0.4, 0.5) is 0 Å². The first-order chi connectivity index (χ1) is 9.84. The number of benzene rings is 1. The monoisotopic (exact) mass is 285 g/mol. The van der Waals surface area contributed by atoms with Crippen molar-refractivity contribution >= 4 is 23.5 Å². The second-order valence-corrected chi connectivity index (χ2v) is 6.39. The maximum Gasteiger partial charge on any atom is 0.494 e. The molecule has 0 atom stereocenters. The van der Waals surface area contributed by atoms with Gasteiger partial charge in [-0.1, -0.05) is 12.1 Å². The molecule has 110 valence electrons. The van der Waals surface area contributed by atoms with E-state index in [-0.39, 0.29) is 11.2 Å². The predicted molar refractivity (Wildman–Crippen MR) is 84.0 cm³/mol. The highest BCUT2D eigenvalue weighted by atomic mass is 16.7. The van der Waals surface area contributed by atoms with Gasteiger partial charge >= 0.3 is 7.12 Å². The summed E-state index contributed by atoms with van der Waals surface area (Å²) in [7, 11) is 1.26. The molecule has 5 heteroatoms. The number of hydrogen-bond acceptors (Lipinski definition) is 4. The molecule has 0 spiro atoms. The number of pyridine rings is 1. The van der Waals surface area contributed by atoms with Crippen LogP contribution < -0.4 is 10.2 Å². The average Bonchev–Trinajstić information content (AvgIpc) is 2.66. The van der Waals surface area contributed by atoms with E-state index >= 15 is 0 Å². The lowest BCUT2D eigenvalue weighted by Gasteiger charge is -2.32. The van der Waals surface area contributed by atoms with Gasteiger partial charge in [-0.15, -0.1) is 0 Å². The number of hydrogen-bond donors (Lipinski definition) is 0. The summed E-state index contributed by atoms with van der Waals surface area (Å²) in [5.74, 6) is 0.734. The Bertz CT molecular complexity index is 668. The van der Waals surface area contributed by atoms with Crippen molar-refractivity contribution in [2.45, 2.75) is 38.9 Å². The third kappa shape index (κ3) is 2.30. The Morgan fingerprint density at radius 1 is 1.10 bits per heavy atom. The molecule has 0 amide bonds. The molecule has 2 heterocycles. The summed E-state index contributed by atoms with van der Waals surface area (Å²) in [5, 5.41) is 1.02. The maximum atomic E-state index is 6.10. The summed E-state index contributed by atoms with van der Waals surface area (Å²) < 4.78 is 17.7. The van der Waals surface area contributed by atoms with Crippen molar-refractivity contribution in [1.82, 2.24) is 4.98 Å². The summed E-state index contributed by atoms with van der Waals surface area (Å²) in [6, 6.07) is 7.92. The molecule has 0 saturated carbocycles. The second-order valence-electron chi connectivity index (χ2n) is 6.39. The lowest BCUT2D eigenvalue weighted by atomic mass is 9.78. The van der Waals surface area contributed by atoms with Crippen LogP contribution in [0.2, 0.25) is 0 Å². The number of nitrogens with zero attached hydrogens (tertiary/aromatic N) is 1. The van der Waals surface area contributed by atoms with Gasteiger partial charge in [-0.05, 0) is 45.3 Å². The molecule has 0 aliphatic carbocycles. The van der Waals surface area contributed by atoms with E-state index in [0.29, 0.717) is 0 Å². The van der Waals surface area contributed by atoms with Gasteiger partial charge < -0.3 is 14.0 Å². The fourth-order valence-corrected chi connectivity index (χ4v) is 2.45. The zero-order valence-electron chi connectivity index (χ0n) is 13.1. The third-order valence-corrected chi connectivity index (χ3v) is 4.44. The van der Waals surface area contributed by atoms with E-state index in [2.05, 4.69) is 4.98 Å². The van der Waals surface area contributed by atoms with Gasteiger partial charge in [-0.25, -0.2) is 0 Å². The molecule has 2 aromatic rings. The SMILES string of the molecule is COc1cc(B2OC(C)(C)C(C)(C)O2)cc2cccnc12. The quantitative estimate of drug-likeness (QED) is 0.795. The van der Waals surface area contributed by atoms with E-state index in [1.165, 1.54) is 0 Å². The van der Waals surface area contributed by atoms with Crippen LogP contribution in [0.3, 0.4) is 0 Å².